The van der Waals surface area contributed by atoms with E-state index in [9.17, 15) is 5.53 Å². The third-order valence-electron chi connectivity index (χ3n) is 10.7. The summed E-state index contributed by atoms with van der Waals surface area (Å²) in [7, 11) is -1.28. The zero-order chi connectivity index (χ0) is 40.9. The van der Waals surface area contributed by atoms with Crippen molar-refractivity contribution in [1.82, 2.24) is 0 Å². The van der Waals surface area contributed by atoms with Crippen molar-refractivity contribution in [3.63, 3.8) is 0 Å². The molecular weight excluding hydrogens is 739 g/mol. The van der Waals surface area contributed by atoms with Crippen LogP contribution in [-0.2, 0) is 20.5 Å². The molecule has 2 nitrogen and oxygen atoms in total. The van der Waals surface area contributed by atoms with Gasteiger partial charge in [0.25, 0.3) is 0 Å². The Morgan fingerprint density at radius 1 is 0.589 bits per heavy atom. The molecule has 0 saturated carbocycles. The minimum atomic E-state index is -1.28. The maximum atomic E-state index is 12.1. The third kappa shape index (κ3) is 21.1. The Labute approximate surface area is 355 Å². The molecule has 56 heavy (non-hydrogen) atoms. The van der Waals surface area contributed by atoms with Gasteiger partial charge >= 0.3 is 64.8 Å². The molecule has 1 aliphatic rings. The summed E-state index contributed by atoms with van der Waals surface area (Å²) < 4.78 is 1.54. The van der Waals surface area contributed by atoms with Crippen LogP contribution in [0.1, 0.15) is 198 Å². The molecule has 2 aromatic rings. The van der Waals surface area contributed by atoms with Crippen molar-refractivity contribution in [3.8, 4) is 0 Å². The van der Waals surface area contributed by atoms with Gasteiger partial charge in [-0.3, -0.25) is 0 Å². The van der Waals surface area contributed by atoms with Crippen LogP contribution >= 0.6 is 0 Å². The van der Waals surface area contributed by atoms with Crippen molar-refractivity contribution < 1.29 is 19.1 Å². The standard InChI is InChI=1S/C44H68N2Si.2C4H9.Ni/c1-7-9-11-13-15-16-17-18-19-20-21-23-25-32-41-42(33-24-22-14-12-10-8-2)44(40-31-27-29-38(35-40)36-47(4,5)6)46(45)43(41)39-30-26-28-37(3)34-39;2*1-3-4-2;/h25-32,34-35H,7-24,33,36H2,1-6H3;2*1,3-4H2,2H3;. The zero-order valence-corrected chi connectivity index (χ0v) is 39.9. The predicted molar refractivity (Wildman–Crippen MR) is 250 cm³/mol. The molecule has 0 radical (unpaired) electrons. The molecule has 1 heterocycles. The van der Waals surface area contributed by atoms with Gasteiger partial charge in [-0.15, -0.1) is 0 Å². The number of rotatable bonds is 30. The van der Waals surface area contributed by atoms with Crippen LogP contribution < -0.4 is 0 Å². The molecule has 0 spiro atoms. The van der Waals surface area contributed by atoms with Gasteiger partial charge in [-0.25, -0.2) is 4.70 Å². The van der Waals surface area contributed by atoms with Crippen LogP contribution in [0.3, 0.4) is 0 Å². The zero-order valence-electron chi connectivity index (χ0n) is 37.9. The van der Waals surface area contributed by atoms with Gasteiger partial charge in [-0.2, -0.15) is 0 Å². The van der Waals surface area contributed by atoms with E-state index in [4.69, 9.17) is 0 Å². The number of benzene rings is 2. The summed E-state index contributed by atoms with van der Waals surface area (Å²) >= 11 is 1.94. The second-order valence-corrected chi connectivity index (χ2v) is 24.6. The van der Waals surface area contributed by atoms with E-state index in [1.54, 1.807) is 0 Å². The van der Waals surface area contributed by atoms with Crippen molar-refractivity contribution in [1.29, 1.82) is 0 Å². The fourth-order valence-corrected chi connectivity index (χ4v) is 10.4. The van der Waals surface area contributed by atoms with Gasteiger partial charge < -0.3 is 5.53 Å². The number of allylic oxidation sites excluding steroid dienone is 4. The average molecular weight is 826 g/mol. The van der Waals surface area contributed by atoms with E-state index in [-0.39, 0.29) is 0 Å². The molecule has 0 aliphatic carbocycles. The van der Waals surface area contributed by atoms with Crippen molar-refractivity contribution in [2.24, 2.45) is 0 Å². The van der Waals surface area contributed by atoms with Gasteiger partial charge in [-0.05, 0) is 68.5 Å². The fraction of sp³-hybridized carbons (Fsp3) is 0.654. The van der Waals surface area contributed by atoms with Crippen molar-refractivity contribution in [2.75, 3.05) is 0 Å². The van der Waals surface area contributed by atoms with Gasteiger partial charge in [0.1, 0.15) is 0 Å². The molecule has 0 bridgehead atoms. The van der Waals surface area contributed by atoms with Gasteiger partial charge in [-0.1, -0.05) is 172 Å². The number of unbranched alkanes of at least 4 members (excludes halogenated alkanes) is 18. The molecular formula is C52H86N2NiSi. The Kier molecular flexibility index (Phi) is 27.7. The molecule has 0 saturated heterocycles. The van der Waals surface area contributed by atoms with E-state index in [0.717, 1.165) is 47.8 Å². The van der Waals surface area contributed by atoms with Gasteiger partial charge in [0, 0.05) is 24.8 Å². The van der Waals surface area contributed by atoms with Crippen LogP contribution in [0.2, 0.25) is 30.4 Å². The van der Waals surface area contributed by atoms with Crippen LogP contribution in [0.5, 0.6) is 0 Å². The molecule has 318 valence electrons. The second-order valence-electron chi connectivity index (χ2n) is 17.6. The topological polar surface area (TPSA) is 25.3 Å². The molecule has 0 aromatic heterocycles. The Bertz CT molecular complexity index is 1440. The second kappa shape index (κ2) is 31.0. The molecule has 3 rings (SSSR count). The van der Waals surface area contributed by atoms with Crippen LogP contribution in [0, 0.1) is 6.92 Å². The summed E-state index contributed by atoms with van der Waals surface area (Å²) in [4.78, 5) is 0. The third-order valence-corrected chi connectivity index (χ3v) is 13.6. The van der Waals surface area contributed by atoms with Crippen LogP contribution in [-0.4, -0.2) is 12.8 Å². The summed E-state index contributed by atoms with van der Waals surface area (Å²) in [5, 5.41) is 2.78. The van der Waals surface area contributed by atoms with E-state index < -0.39 is 8.07 Å². The Hall–Kier alpha value is -2.03. The molecule has 0 N–H and O–H groups in total. The van der Waals surface area contributed by atoms with E-state index in [2.05, 4.69) is 115 Å². The van der Waals surface area contributed by atoms with Crippen LogP contribution in [0.4, 0.5) is 0 Å². The molecule has 0 atom stereocenters. The number of nitrogens with zero attached hydrogens (tertiary/aromatic N) is 2. The first-order valence-corrected chi connectivity index (χ1v) is 28.5. The van der Waals surface area contributed by atoms with Crippen LogP contribution in [0.25, 0.3) is 16.9 Å². The summed E-state index contributed by atoms with van der Waals surface area (Å²) in [6, 6.07) is 18.8. The predicted octanol–water partition coefficient (Wildman–Crippen LogP) is 18.1. The first-order chi connectivity index (χ1) is 27.2. The van der Waals surface area contributed by atoms with Crippen molar-refractivity contribution >= 4 is 19.5 Å². The van der Waals surface area contributed by atoms with Crippen molar-refractivity contribution in [3.05, 3.63) is 99.6 Å². The monoisotopic (exact) mass is 825 g/mol. The normalized spacial score (nSPS) is 13.4. The summed E-state index contributed by atoms with van der Waals surface area (Å²) in [6.07, 6.45) is 35.0. The molecule has 0 amide bonds. The Morgan fingerprint density at radius 2 is 1.09 bits per heavy atom. The van der Waals surface area contributed by atoms with Crippen LogP contribution in [0.15, 0.2) is 71.8 Å². The van der Waals surface area contributed by atoms with E-state index in [1.807, 2.05) is 14.4 Å². The number of hydrogen-bond acceptors (Lipinski definition) is 0. The molecule has 0 fully saturated rings. The maximum absolute atomic E-state index is 12.1. The molecule has 0 unspecified atom stereocenters. The fourth-order valence-electron chi connectivity index (χ4n) is 7.53. The Balaban J connectivity index is 0.00000107. The van der Waals surface area contributed by atoms with Crippen molar-refractivity contribution in [2.45, 2.75) is 219 Å². The van der Waals surface area contributed by atoms with Gasteiger partial charge in [0.05, 0.1) is 5.57 Å². The first kappa shape index (κ1) is 50.1. The minimum absolute atomic E-state index is 0.940. The number of aryl methyl sites for hydroxylation is 1. The molecule has 2 aromatic carbocycles. The summed E-state index contributed by atoms with van der Waals surface area (Å²) in [6.45, 7) is 18.5. The summed E-state index contributed by atoms with van der Waals surface area (Å²) in [5.74, 6) is 0. The SMILES string of the molecule is CCCCCCCCCCCCCC=CC1=C(c2cccc(C)c2)[N+](=[N-])C(c2cccc(C[Si](C)(C)C)c2)=C1CCCCCCCC.CCC[CH2][Ni][CH2]CCC. The molecule has 1 aliphatic heterocycles. The Morgan fingerprint density at radius 3 is 1.62 bits per heavy atom. The van der Waals surface area contributed by atoms with E-state index in [0.29, 0.717) is 0 Å². The quantitative estimate of drug-likeness (QED) is 0.0426. The van der Waals surface area contributed by atoms with Gasteiger partial charge in [0.2, 0.25) is 11.4 Å². The average Bonchev–Trinajstić information content (AvgIpc) is 3.44. The first-order valence-electron chi connectivity index (χ1n) is 23.4. The van der Waals surface area contributed by atoms with E-state index >= 15 is 0 Å². The number of hydrogen-bond donors (Lipinski definition) is 0. The van der Waals surface area contributed by atoms with Gasteiger partial charge in [0.15, 0.2) is 0 Å². The molecule has 4 heteroatoms. The summed E-state index contributed by atoms with van der Waals surface area (Å²) in [5.41, 5.74) is 21.4. The van der Waals surface area contributed by atoms with E-state index in [1.165, 1.54) is 166 Å².